The van der Waals surface area contributed by atoms with Gasteiger partial charge < -0.3 is 19.4 Å². The first-order valence-corrected chi connectivity index (χ1v) is 6.97. The quantitative estimate of drug-likeness (QED) is 0.866. The zero-order chi connectivity index (χ0) is 13.1. The molecule has 0 radical (unpaired) electrons. The fourth-order valence-corrected chi connectivity index (χ4v) is 2.44. The molecular weight excluding hydrogens is 244 g/mol. The predicted molar refractivity (Wildman–Crippen MR) is 69.5 cm³/mol. The summed E-state index contributed by atoms with van der Waals surface area (Å²) in [5, 5.41) is 3.26. The van der Waals surface area contributed by atoms with Gasteiger partial charge in [0.25, 0.3) is 0 Å². The van der Waals surface area contributed by atoms with E-state index >= 15 is 0 Å². The molecular formula is C14H20N2O3. The Morgan fingerprint density at radius 1 is 1.47 bits per heavy atom. The van der Waals surface area contributed by atoms with E-state index in [1.807, 2.05) is 17.0 Å². The molecule has 0 spiro atoms. The van der Waals surface area contributed by atoms with Gasteiger partial charge in [-0.3, -0.25) is 4.79 Å². The number of nitrogens with one attached hydrogen (secondary N) is 1. The lowest BCUT2D eigenvalue weighted by Crippen LogP contribution is -2.42. The molecule has 1 aliphatic heterocycles. The molecule has 2 aliphatic rings. The van der Waals surface area contributed by atoms with Gasteiger partial charge in [-0.2, -0.15) is 0 Å². The van der Waals surface area contributed by atoms with Crippen molar-refractivity contribution in [1.82, 2.24) is 10.2 Å². The topological polar surface area (TPSA) is 54.7 Å². The van der Waals surface area contributed by atoms with Gasteiger partial charge in [0.1, 0.15) is 5.76 Å². The van der Waals surface area contributed by atoms with Crippen molar-refractivity contribution < 1.29 is 13.9 Å². The Kier molecular flexibility index (Phi) is 3.84. The number of carbonyl (C=O) groups excluding carboxylic acids is 1. The maximum Gasteiger partial charge on any atom is 0.225 e. The Labute approximate surface area is 112 Å². The van der Waals surface area contributed by atoms with Crippen molar-refractivity contribution in [2.45, 2.75) is 38.0 Å². The van der Waals surface area contributed by atoms with Crippen molar-refractivity contribution in [2.75, 3.05) is 19.7 Å². The average molecular weight is 264 g/mol. The van der Waals surface area contributed by atoms with Crippen LogP contribution in [0.5, 0.6) is 0 Å². The molecule has 104 valence electrons. The minimum Gasteiger partial charge on any atom is -0.467 e. The number of ether oxygens (including phenoxy) is 1. The molecule has 5 heteroatoms. The van der Waals surface area contributed by atoms with E-state index in [2.05, 4.69) is 5.32 Å². The summed E-state index contributed by atoms with van der Waals surface area (Å²) in [6, 6.07) is 4.18. The summed E-state index contributed by atoms with van der Waals surface area (Å²) >= 11 is 0. The van der Waals surface area contributed by atoms with Crippen molar-refractivity contribution in [1.29, 1.82) is 0 Å². The molecule has 3 rings (SSSR count). The van der Waals surface area contributed by atoms with Crippen LogP contribution in [0.1, 0.15) is 25.0 Å². The molecule has 1 aliphatic carbocycles. The maximum atomic E-state index is 12.4. The summed E-state index contributed by atoms with van der Waals surface area (Å²) in [7, 11) is 0. The van der Waals surface area contributed by atoms with Crippen LogP contribution in [0.15, 0.2) is 22.8 Å². The summed E-state index contributed by atoms with van der Waals surface area (Å²) in [6.45, 7) is 2.92. The zero-order valence-electron chi connectivity index (χ0n) is 11.0. The van der Waals surface area contributed by atoms with Crippen molar-refractivity contribution in [3.8, 4) is 0 Å². The molecule has 0 aromatic carbocycles. The monoisotopic (exact) mass is 264 g/mol. The molecule has 2 heterocycles. The van der Waals surface area contributed by atoms with Crippen LogP contribution in [0, 0.1) is 0 Å². The van der Waals surface area contributed by atoms with Crippen LogP contribution in [0.4, 0.5) is 0 Å². The van der Waals surface area contributed by atoms with Gasteiger partial charge in [0.2, 0.25) is 5.91 Å². The van der Waals surface area contributed by atoms with Crippen LogP contribution in [0.2, 0.25) is 0 Å². The SMILES string of the molecule is O=C(CC1CNCCO1)N(Cc1ccco1)C1CC1. The second-order valence-electron chi connectivity index (χ2n) is 5.23. The van der Waals surface area contributed by atoms with E-state index in [1.54, 1.807) is 6.26 Å². The van der Waals surface area contributed by atoms with Gasteiger partial charge in [-0.05, 0) is 25.0 Å². The van der Waals surface area contributed by atoms with Crippen molar-refractivity contribution in [3.05, 3.63) is 24.2 Å². The molecule has 1 N–H and O–H groups in total. The van der Waals surface area contributed by atoms with E-state index < -0.39 is 0 Å². The lowest BCUT2D eigenvalue weighted by molar-refractivity contribution is -0.136. The fraction of sp³-hybridized carbons (Fsp3) is 0.643. The lowest BCUT2D eigenvalue weighted by atomic mass is 10.2. The first kappa shape index (κ1) is 12.7. The van der Waals surface area contributed by atoms with Gasteiger partial charge in [-0.1, -0.05) is 0 Å². The van der Waals surface area contributed by atoms with E-state index in [0.717, 1.165) is 31.7 Å². The van der Waals surface area contributed by atoms with Crippen molar-refractivity contribution in [2.24, 2.45) is 0 Å². The summed E-state index contributed by atoms with van der Waals surface area (Å²) in [6.07, 6.45) is 4.34. The highest BCUT2D eigenvalue weighted by Crippen LogP contribution is 2.29. The van der Waals surface area contributed by atoms with E-state index in [1.165, 1.54) is 0 Å². The predicted octanol–water partition coefficient (Wildman–Crippen LogP) is 1.15. The van der Waals surface area contributed by atoms with Gasteiger partial charge >= 0.3 is 0 Å². The van der Waals surface area contributed by atoms with Crippen LogP contribution < -0.4 is 5.32 Å². The van der Waals surface area contributed by atoms with E-state index in [4.69, 9.17) is 9.15 Å². The van der Waals surface area contributed by atoms with Crippen LogP contribution in [0.3, 0.4) is 0 Å². The summed E-state index contributed by atoms with van der Waals surface area (Å²) in [5.41, 5.74) is 0. The number of amides is 1. The molecule has 1 saturated carbocycles. The molecule has 2 fully saturated rings. The van der Waals surface area contributed by atoms with Crippen LogP contribution in [-0.4, -0.2) is 42.6 Å². The number of hydrogen-bond acceptors (Lipinski definition) is 4. The average Bonchev–Trinajstić information content (AvgIpc) is 3.14. The van der Waals surface area contributed by atoms with Gasteiger partial charge in [-0.25, -0.2) is 0 Å². The normalized spacial score (nSPS) is 23.3. The highest BCUT2D eigenvalue weighted by atomic mass is 16.5. The molecule has 1 aromatic rings. The number of nitrogens with zero attached hydrogens (tertiary/aromatic N) is 1. The Balaban J connectivity index is 1.57. The largest absolute Gasteiger partial charge is 0.467 e. The van der Waals surface area contributed by atoms with Crippen molar-refractivity contribution in [3.63, 3.8) is 0 Å². The van der Waals surface area contributed by atoms with E-state index in [-0.39, 0.29) is 12.0 Å². The van der Waals surface area contributed by atoms with Crippen LogP contribution >= 0.6 is 0 Å². The summed E-state index contributed by atoms with van der Waals surface area (Å²) in [4.78, 5) is 14.3. The highest BCUT2D eigenvalue weighted by Gasteiger charge is 2.34. The second-order valence-corrected chi connectivity index (χ2v) is 5.23. The summed E-state index contributed by atoms with van der Waals surface area (Å²) < 4.78 is 10.9. The smallest absolute Gasteiger partial charge is 0.225 e. The number of carbonyl (C=O) groups is 1. The Bertz CT molecular complexity index is 408. The first-order chi connectivity index (χ1) is 9.33. The van der Waals surface area contributed by atoms with E-state index in [9.17, 15) is 4.79 Å². The van der Waals surface area contributed by atoms with Crippen molar-refractivity contribution >= 4 is 5.91 Å². The first-order valence-electron chi connectivity index (χ1n) is 6.97. The number of furan rings is 1. The molecule has 1 amide bonds. The van der Waals surface area contributed by atoms with Crippen LogP contribution in [0.25, 0.3) is 0 Å². The van der Waals surface area contributed by atoms with E-state index in [0.29, 0.717) is 25.6 Å². The van der Waals surface area contributed by atoms with Crippen LogP contribution in [-0.2, 0) is 16.1 Å². The third kappa shape index (κ3) is 3.36. The Morgan fingerprint density at radius 2 is 2.37 bits per heavy atom. The molecule has 1 unspecified atom stereocenters. The number of morpholine rings is 1. The van der Waals surface area contributed by atoms with Gasteiger partial charge in [-0.15, -0.1) is 0 Å². The second kappa shape index (κ2) is 5.75. The number of rotatable bonds is 5. The molecule has 0 bridgehead atoms. The summed E-state index contributed by atoms with van der Waals surface area (Å²) in [5.74, 6) is 1.02. The Morgan fingerprint density at radius 3 is 3.00 bits per heavy atom. The standard InChI is InChI=1S/C14H20N2O3/c17-14(8-13-9-15-5-7-19-13)16(11-3-4-11)10-12-2-1-6-18-12/h1-2,6,11,13,15H,3-5,7-10H2. The zero-order valence-corrected chi connectivity index (χ0v) is 11.0. The molecule has 1 aromatic heterocycles. The fourth-order valence-electron chi connectivity index (χ4n) is 2.44. The maximum absolute atomic E-state index is 12.4. The highest BCUT2D eigenvalue weighted by molar-refractivity contribution is 5.77. The lowest BCUT2D eigenvalue weighted by Gasteiger charge is -2.27. The van der Waals surface area contributed by atoms with Gasteiger partial charge in [0, 0.05) is 19.1 Å². The third-order valence-electron chi connectivity index (χ3n) is 3.62. The molecule has 5 nitrogen and oxygen atoms in total. The Hall–Kier alpha value is -1.33. The third-order valence-corrected chi connectivity index (χ3v) is 3.62. The van der Waals surface area contributed by atoms with Gasteiger partial charge in [0.05, 0.1) is 31.9 Å². The minimum absolute atomic E-state index is 0.0131. The molecule has 19 heavy (non-hydrogen) atoms. The number of hydrogen-bond donors (Lipinski definition) is 1. The minimum atomic E-state index is 0.0131. The molecule has 1 atom stereocenters. The molecule has 1 saturated heterocycles. The van der Waals surface area contributed by atoms with Gasteiger partial charge in [0.15, 0.2) is 0 Å².